The van der Waals surface area contributed by atoms with E-state index < -0.39 is 23.8 Å². The average Bonchev–Trinajstić information content (AvgIpc) is 2.61. The van der Waals surface area contributed by atoms with E-state index in [1.54, 1.807) is 6.92 Å². The maximum absolute atomic E-state index is 14.7. The van der Waals surface area contributed by atoms with Crippen LogP contribution in [0.15, 0.2) is 12.1 Å². The highest BCUT2D eigenvalue weighted by Crippen LogP contribution is 2.35. The highest BCUT2D eigenvalue weighted by Gasteiger charge is 2.42. The number of likely N-dealkylation sites (tertiary alicyclic amines) is 1. The van der Waals surface area contributed by atoms with E-state index in [9.17, 15) is 22.4 Å². The predicted octanol–water partition coefficient (Wildman–Crippen LogP) is 4.02. The van der Waals surface area contributed by atoms with Crippen LogP contribution in [0.4, 0.5) is 17.6 Å². The van der Waals surface area contributed by atoms with Gasteiger partial charge in [0.25, 0.3) is 5.91 Å². The molecule has 2 fully saturated rings. The molecule has 1 aromatic rings. The summed E-state index contributed by atoms with van der Waals surface area (Å²) in [5, 5.41) is 3.27. The van der Waals surface area contributed by atoms with Gasteiger partial charge in [-0.3, -0.25) is 4.79 Å². The lowest BCUT2D eigenvalue weighted by molar-refractivity contribution is -0.183. The van der Waals surface area contributed by atoms with Crippen molar-refractivity contribution in [3.63, 3.8) is 0 Å². The fraction of sp³-hybridized carbons (Fsp3) is 0.632. The summed E-state index contributed by atoms with van der Waals surface area (Å²) in [6.45, 7) is 3.50. The molecular formula is C19H24F4N2O. The van der Waals surface area contributed by atoms with Gasteiger partial charge in [-0.15, -0.1) is 0 Å². The van der Waals surface area contributed by atoms with Gasteiger partial charge in [-0.1, -0.05) is 6.07 Å². The third-order valence-corrected chi connectivity index (χ3v) is 5.58. The molecule has 1 N–H and O–H groups in total. The molecule has 0 aromatic heterocycles. The summed E-state index contributed by atoms with van der Waals surface area (Å²) < 4.78 is 53.0. The van der Waals surface area contributed by atoms with Crippen LogP contribution in [0.25, 0.3) is 0 Å². The van der Waals surface area contributed by atoms with E-state index in [1.807, 2.05) is 6.07 Å². The molecule has 1 amide bonds. The minimum atomic E-state index is -4.23. The van der Waals surface area contributed by atoms with Crippen LogP contribution in [-0.2, 0) is 0 Å². The highest BCUT2D eigenvalue weighted by molar-refractivity contribution is 5.96. The number of nitrogens with one attached hydrogen (secondary N) is 1. The zero-order chi connectivity index (χ0) is 18.9. The Morgan fingerprint density at radius 3 is 2.27 bits per heavy atom. The first kappa shape index (κ1) is 19.1. The lowest BCUT2D eigenvalue weighted by Crippen LogP contribution is -2.42. The summed E-state index contributed by atoms with van der Waals surface area (Å²) in [7, 11) is 0. The Balaban J connectivity index is 1.74. The van der Waals surface area contributed by atoms with Crippen molar-refractivity contribution in [3.8, 4) is 0 Å². The summed E-state index contributed by atoms with van der Waals surface area (Å²) in [5.41, 5.74) is 1.45. The number of halogens is 4. The van der Waals surface area contributed by atoms with E-state index in [2.05, 4.69) is 5.32 Å². The van der Waals surface area contributed by atoms with Crippen LogP contribution in [0.3, 0.4) is 0 Å². The van der Waals surface area contributed by atoms with Gasteiger partial charge in [0.15, 0.2) is 0 Å². The maximum Gasteiger partial charge on any atom is 0.391 e. The summed E-state index contributed by atoms with van der Waals surface area (Å²) in [4.78, 5) is 14.0. The zero-order valence-electron chi connectivity index (χ0n) is 14.8. The minimum Gasteiger partial charge on any atom is -0.339 e. The van der Waals surface area contributed by atoms with Gasteiger partial charge in [-0.05, 0) is 68.8 Å². The molecule has 0 spiro atoms. The van der Waals surface area contributed by atoms with E-state index in [-0.39, 0.29) is 37.4 Å². The average molecular weight is 372 g/mol. The van der Waals surface area contributed by atoms with E-state index >= 15 is 0 Å². The van der Waals surface area contributed by atoms with Crippen molar-refractivity contribution in [2.45, 2.75) is 44.7 Å². The number of alkyl halides is 3. The van der Waals surface area contributed by atoms with Gasteiger partial charge in [0.1, 0.15) is 5.82 Å². The zero-order valence-corrected chi connectivity index (χ0v) is 14.8. The summed E-state index contributed by atoms with van der Waals surface area (Å²) in [5.74, 6) is -2.17. The first-order valence-electron chi connectivity index (χ1n) is 9.14. The number of hydrogen-bond donors (Lipinski definition) is 1. The second-order valence-corrected chi connectivity index (χ2v) is 7.33. The quantitative estimate of drug-likeness (QED) is 0.796. The molecule has 0 bridgehead atoms. The van der Waals surface area contributed by atoms with Gasteiger partial charge in [0.2, 0.25) is 0 Å². The van der Waals surface area contributed by atoms with Gasteiger partial charge >= 0.3 is 6.18 Å². The largest absolute Gasteiger partial charge is 0.391 e. The number of carbonyl (C=O) groups is 1. The van der Waals surface area contributed by atoms with Crippen molar-refractivity contribution in [2.75, 3.05) is 26.2 Å². The third kappa shape index (κ3) is 4.03. The number of piperidine rings is 2. The molecule has 0 aliphatic carbocycles. The molecule has 0 unspecified atom stereocenters. The van der Waals surface area contributed by atoms with Crippen LogP contribution in [0.5, 0.6) is 0 Å². The van der Waals surface area contributed by atoms with Gasteiger partial charge in [-0.2, -0.15) is 13.2 Å². The normalized spacial score (nSPS) is 20.4. The van der Waals surface area contributed by atoms with E-state index in [0.29, 0.717) is 5.56 Å². The Labute approximate surface area is 150 Å². The Bertz CT molecular complexity index is 637. The molecule has 0 radical (unpaired) electrons. The molecule has 2 heterocycles. The number of carbonyl (C=O) groups excluding carboxylic acids is 1. The number of aryl methyl sites for hydroxylation is 1. The van der Waals surface area contributed by atoms with Crippen molar-refractivity contribution in [1.29, 1.82) is 0 Å². The van der Waals surface area contributed by atoms with Crippen molar-refractivity contribution < 1.29 is 22.4 Å². The first-order valence-corrected chi connectivity index (χ1v) is 9.14. The molecule has 0 saturated carbocycles. The van der Waals surface area contributed by atoms with Crippen molar-refractivity contribution in [2.24, 2.45) is 5.92 Å². The molecule has 0 atom stereocenters. The first-order chi connectivity index (χ1) is 12.3. The van der Waals surface area contributed by atoms with Gasteiger partial charge < -0.3 is 10.2 Å². The SMILES string of the molecule is Cc1cc(C2CCNCC2)cc(F)c1C(=O)N1CCC(C(F)(F)F)CC1. The number of nitrogens with zero attached hydrogens (tertiary/aromatic N) is 1. The molecule has 144 valence electrons. The molecule has 3 nitrogen and oxygen atoms in total. The van der Waals surface area contributed by atoms with Crippen molar-refractivity contribution in [1.82, 2.24) is 10.2 Å². The second kappa shape index (κ2) is 7.55. The van der Waals surface area contributed by atoms with Crippen LogP contribution in [0.1, 0.15) is 53.1 Å². The van der Waals surface area contributed by atoms with Gasteiger partial charge in [-0.25, -0.2) is 4.39 Å². The molecule has 1 aromatic carbocycles. The van der Waals surface area contributed by atoms with Crippen LogP contribution in [0, 0.1) is 18.7 Å². The summed E-state index contributed by atoms with van der Waals surface area (Å²) in [6.07, 6.45) is -2.62. The number of hydrogen-bond acceptors (Lipinski definition) is 2. The highest BCUT2D eigenvalue weighted by atomic mass is 19.4. The monoisotopic (exact) mass is 372 g/mol. The fourth-order valence-corrected chi connectivity index (χ4v) is 4.00. The minimum absolute atomic E-state index is 0.00635. The maximum atomic E-state index is 14.7. The lowest BCUT2D eigenvalue weighted by atomic mass is 9.88. The Hall–Kier alpha value is -1.63. The van der Waals surface area contributed by atoms with Crippen LogP contribution in [0.2, 0.25) is 0 Å². The smallest absolute Gasteiger partial charge is 0.339 e. The van der Waals surface area contributed by atoms with E-state index in [4.69, 9.17) is 0 Å². The molecule has 7 heteroatoms. The predicted molar refractivity (Wildman–Crippen MR) is 90.7 cm³/mol. The lowest BCUT2D eigenvalue weighted by Gasteiger charge is -2.33. The summed E-state index contributed by atoms with van der Waals surface area (Å²) in [6, 6.07) is 3.29. The van der Waals surface area contributed by atoms with E-state index in [0.717, 1.165) is 31.5 Å². The van der Waals surface area contributed by atoms with Crippen molar-refractivity contribution in [3.05, 3.63) is 34.6 Å². The number of amides is 1. The molecule has 2 saturated heterocycles. The Kier molecular flexibility index (Phi) is 5.55. The van der Waals surface area contributed by atoms with Crippen LogP contribution >= 0.6 is 0 Å². The molecule has 26 heavy (non-hydrogen) atoms. The Morgan fingerprint density at radius 2 is 1.73 bits per heavy atom. The van der Waals surface area contributed by atoms with Crippen molar-refractivity contribution >= 4 is 5.91 Å². The Morgan fingerprint density at radius 1 is 1.12 bits per heavy atom. The topological polar surface area (TPSA) is 32.3 Å². The fourth-order valence-electron chi connectivity index (χ4n) is 4.00. The molecule has 2 aliphatic rings. The summed E-state index contributed by atoms with van der Waals surface area (Å²) >= 11 is 0. The molecule has 2 aliphatic heterocycles. The third-order valence-electron chi connectivity index (χ3n) is 5.58. The molecular weight excluding hydrogens is 348 g/mol. The molecule has 3 rings (SSSR count). The standard InChI is InChI=1S/C19H24F4N2O/c1-12-10-14(13-2-6-24-7-3-13)11-16(20)17(12)18(26)25-8-4-15(5-9-25)19(21,22)23/h10-11,13,15,24H,2-9H2,1H3. The number of benzene rings is 1. The van der Waals surface area contributed by atoms with Gasteiger partial charge in [0, 0.05) is 13.1 Å². The second-order valence-electron chi connectivity index (χ2n) is 7.33. The number of rotatable bonds is 2. The van der Waals surface area contributed by atoms with Crippen LogP contribution < -0.4 is 5.32 Å². The van der Waals surface area contributed by atoms with Crippen LogP contribution in [-0.4, -0.2) is 43.2 Å². The van der Waals surface area contributed by atoms with Gasteiger partial charge in [0.05, 0.1) is 11.5 Å². The van der Waals surface area contributed by atoms with E-state index in [1.165, 1.54) is 11.0 Å².